The van der Waals surface area contributed by atoms with E-state index < -0.39 is 0 Å². The van der Waals surface area contributed by atoms with E-state index in [0.717, 1.165) is 18.4 Å². The molecule has 0 bridgehead atoms. The maximum Gasteiger partial charge on any atom is 0.0790 e. The minimum absolute atomic E-state index is 0.297. The van der Waals surface area contributed by atoms with Crippen molar-refractivity contribution >= 4 is 0 Å². The maximum absolute atomic E-state index is 9.97. The number of aliphatic hydroxyl groups excluding tert-OH is 1. The fourth-order valence-electron chi connectivity index (χ4n) is 1.52. The van der Waals surface area contributed by atoms with Gasteiger partial charge in [-0.3, -0.25) is 0 Å². The van der Waals surface area contributed by atoms with Gasteiger partial charge in [0.15, 0.2) is 0 Å². The first-order valence-corrected chi connectivity index (χ1v) is 5.63. The first-order chi connectivity index (χ1) is 6.88. The molecule has 1 aromatic carbocycles. The molecule has 0 fully saturated rings. The third kappa shape index (κ3) is 4.48. The Bertz CT molecular complexity index is 292. The van der Waals surface area contributed by atoms with Crippen molar-refractivity contribution in [3.8, 4) is 0 Å². The lowest BCUT2D eigenvalue weighted by molar-refractivity contribution is 0.147. The molecule has 84 valence electrons. The van der Waals surface area contributed by atoms with Crippen LogP contribution in [-0.2, 0) is 0 Å². The molecule has 15 heavy (non-hydrogen) atoms. The minimum atomic E-state index is -0.315. The summed E-state index contributed by atoms with van der Waals surface area (Å²) in [6, 6.07) is 8.14. The zero-order chi connectivity index (χ0) is 11.5. The highest BCUT2D eigenvalue weighted by Gasteiger charge is 2.14. The monoisotopic (exact) mass is 206 g/mol. The van der Waals surface area contributed by atoms with E-state index >= 15 is 0 Å². The van der Waals surface area contributed by atoms with Crippen molar-refractivity contribution in [1.82, 2.24) is 0 Å². The summed E-state index contributed by atoms with van der Waals surface area (Å²) in [6.45, 7) is 8.67. The standard InChI is InChI=1S/C14H22O/c1-11-5-7-12(8-6-11)13(15)9-10-14(2,3)4/h5-8,13,15H,9-10H2,1-4H3. The van der Waals surface area contributed by atoms with E-state index in [1.54, 1.807) is 0 Å². The van der Waals surface area contributed by atoms with Crippen molar-refractivity contribution in [2.24, 2.45) is 5.41 Å². The predicted molar refractivity (Wildman–Crippen MR) is 64.8 cm³/mol. The molecule has 0 spiro atoms. The smallest absolute Gasteiger partial charge is 0.0790 e. The summed E-state index contributed by atoms with van der Waals surface area (Å²) in [7, 11) is 0. The fraction of sp³-hybridized carbons (Fsp3) is 0.571. The predicted octanol–water partition coefficient (Wildman–Crippen LogP) is 3.85. The van der Waals surface area contributed by atoms with E-state index in [1.165, 1.54) is 5.56 Å². The Kier molecular flexibility index (Phi) is 3.92. The van der Waals surface area contributed by atoms with Crippen LogP contribution >= 0.6 is 0 Å². The van der Waals surface area contributed by atoms with E-state index in [1.807, 2.05) is 12.1 Å². The number of benzene rings is 1. The van der Waals surface area contributed by atoms with Crippen LogP contribution < -0.4 is 0 Å². The number of hydrogen-bond acceptors (Lipinski definition) is 1. The van der Waals surface area contributed by atoms with Gasteiger partial charge in [0.2, 0.25) is 0 Å². The van der Waals surface area contributed by atoms with Gasteiger partial charge in [0, 0.05) is 0 Å². The molecule has 1 N–H and O–H groups in total. The zero-order valence-corrected chi connectivity index (χ0v) is 10.2. The molecule has 1 rings (SSSR count). The van der Waals surface area contributed by atoms with Gasteiger partial charge in [0.05, 0.1) is 6.10 Å². The number of aliphatic hydroxyl groups is 1. The average molecular weight is 206 g/mol. The Labute approximate surface area is 93.1 Å². The first kappa shape index (κ1) is 12.3. The normalized spacial score (nSPS) is 13.9. The Morgan fingerprint density at radius 1 is 1.13 bits per heavy atom. The molecule has 0 aliphatic heterocycles. The van der Waals surface area contributed by atoms with Gasteiger partial charge in [-0.15, -0.1) is 0 Å². The molecule has 0 aliphatic carbocycles. The van der Waals surface area contributed by atoms with Gasteiger partial charge in [-0.25, -0.2) is 0 Å². The second kappa shape index (κ2) is 4.80. The van der Waals surface area contributed by atoms with Crippen LogP contribution in [0.2, 0.25) is 0 Å². The zero-order valence-electron chi connectivity index (χ0n) is 10.2. The van der Waals surface area contributed by atoms with E-state index in [0.29, 0.717) is 5.41 Å². The molecule has 0 saturated carbocycles. The molecule has 1 nitrogen and oxygen atoms in total. The fourth-order valence-corrected chi connectivity index (χ4v) is 1.52. The lowest BCUT2D eigenvalue weighted by Crippen LogP contribution is -2.08. The summed E-state index contributed by atoms with van der Waals surface area (Å²) in [5.74, 6) is 0. The van der Waals surface area contributed by atoms with Crippen molar-refractivity contribution in [1.29, 1.82) is 0 Å². The molecule has 0 saturated heterocycles. The SMILES string of the molecule is Cc1ccc(C(O)CCC(C)(C)C)cc1. The third-order valence-corrected chi connectivity index (χ3v) is 2.63. The van der Waals surface area contributed by atoms with Gasteiger partial charge < -0.3 is 5.11 Å². The van der Waals surface area contributed by atoms with Crippen molar-refractivity contribution in [3.05, 3.63) is 35.4 Å². The molecule has 0 radical (unpaired) electrons. The van der Waals surface area contributed by atoms with E-state index in [2.05, 4.69) is 39.8 Å². The second-order valence-corrected chi connectivity index (χ2v) is 5.53. The first-order valence-electron chi connectivity index (χ1n) is 5.63. The summed E-state index contributed by atoms with van der Waals surface area (Å²) in [5.41, 5.74) is 2.57. The minimum Gasteiger partial charge on any atom is -0.388 e. The highest BCUT2D eigenvalue weighted by Crippen LogP contribution is 2.27. The summed E-state index contributed by atoms with van der Waals surface area (Å²) in [4.78, 5) is 0. The van der Waals surface area contributed by atoms with Crippen LogP contribution in [0.4, 0.5) is 0 Å². The van der Waals surface area contributed by atoms with Gasteiger partial charge in [-0.2, -0.15) is 0 Å². The second-order valence-electron chi connectivity index (χ2n) is 5.53. The Morgan fingerprint density at radius 2 is 1.67 bits per heavy atom. The highest BCUT2D eigenvalue weighted by molar-refractivity contribution is 5.22. The van der Waals surface area contributed by atoms with Crippen molar-refractivity contribution in [2.75, 3.05) is 0 Å². The van der Waals surface area contributed by atoms with Crippen LogP contribution in [0.15, 0.2) is 24.3 Å². The third-order valence-electron chi connectivity index (χ3n) is 2.63. The molecule has 1 heteroatoms. The molecule has 0 amide bonds. The Hall–Kier alpha value is -0.820. The maximum atomic E-state index is 9.97. The summed E-state index contributed by atoms with van der Waals surface area (Å²) in [6.07, 6.45) is 1.57. The summed E-state index contributed by atoms with van der Waals surface area (Å²) in [5, 5.41) is 9.97. The Morgan fingerprint density at radius 3 is 2.13 bits per heavy atom. The largest absolute Gasteiger partial charge is 0.388 e. The van der Waals surface area contributed by atoms with Gasteiger partial charge >= 0.3 is 0 Å². The molecule has 1 atom stereocenters. The van der Waals surface area contributed by atoms with Gasteiger partial charge in [0.25, 0.3) is 0 Å². The van der Waals surface area contributed by atoms with E-state index in [-0.39, 0.29) is 6.10 Å². The molecule has 1 aromatic rings. The number of hydrogen-bond donors (Lipinski definition) is 1. The highest BCUT2D eigenvalue weighted by atomic mass is 16.3. The van der Waals surface area contributed by atoms with Crippen LogP contribution in [0.1, 0.15) is 50.8 Å². The van der Waals surface area contributed by atoms with Gasteiger partial charge in [-0.1, -0.05) is 50.6 Å². The summed E-state index contributed by atoms with van der Waals surface area (Å²) >= 11 is 0. The lowest BCUT2D eigenvalue weighted by Gasteiger charge is -2.20. The number of rotatable bonds is 3. The van der Waals surface area contributed by atoms with Crippen LogP contribution in [0.3, 0.4) is 0 Å². The summed E-state index contributed by atoms with van der Waals surface area (Å²) < 4.78 is 0. The van der Waals surface area contributed by atoms with Crippen molar-refractivity contribution < 1.29 is 5.11 Å². The van der Waals surface area contributed by atoms with Crippen LogP contribution in [0.25, 0.3) is 0 Å². The molecule has 0 aliphatic rings. The lowest BCUT2D eigenvalue weighted by atomic mass is 9.88. The van der Waals surface area contributed by atoms with Gasteiger partial charge in [-0.05, 0) is 30.7 Å². The van der Waals surface area contributed by atoms with E-state index in [9.17, 15) is 5.11 Å². The van der Waals surface area contributed by atoms with Crippen LogP contribution in [0, 0.1) is 12.3 Å². The topological polar surface area (TPSA) is 20.2 Å². The van der Waals surface area contributed by atoms with Gasteiger partial charge in [0.1, 0.15) is 0 Å². The quantitative estimate of drug-likeness (QED) is 0.796. The molecular formula is C14H22O. The molecular weight excluding hydrogens is 184 g/mol. The molecule has 0 aromatic heterocycles. The van der Waals surface area contributed by atoms with Crippen LogP contribution in [0.5, 0.6) is 0 Å². The van der Waals surface area contributed by atoms with E-state index in [4.69, 9.17) is 0 Å². The van der Waals surface area contributed by atoms with Crippen molar-refractivity contribution in [2.45, 2.75) is 46.6 Å². The van der Waals surface area contributed by atoms with Crippen LogP contribution in [-0.4, -0.2) is 5.11 Å². The molecule has 1 unspecified atom stereocenters. The van der Waals surface area contributed by atoms with Crippen molar-refractivity contribution in [3.63, 3.8) is 0 Å². The average Bonchev–Trinajstić information content (AvgIpc) is 2.14. The Balaban J connectivity index is 2.54. The molecule has 0 heterocycles. The number of aryl methyl sites for hydroxylation is 1.